The Morgan fingerprint density at radius 1 is 1.03 bits per heavy atom. The van der Waals surface area contributed by atoms with Crippen molar-refractivity contribution >= 4 is 17.5 Å². The minimum atomic E-state index is -0.541. The molecule has 0 heterocycles. The lowest BCUT2D eigenvalue weighted by atomic mass is 9.92. The molecule has 0 saturated carbocycles. The molecule has 2 rings (SSSR count). The SMILES string of the molecule is C=C(C)c1cccc(C(C)(C)NC(=O)NCc2ccc(C(=O)NCCCN)cc2)c1. The zero-order chi connectivity index (χ0) is 22.1. The molecule has 0 atom stereocenters. The van der Waals surface area contributed by atoms with E-state index in [1.165, 1.54) is 0 Å². The van der Waals surface area contributed by atoms with Crippen LogP contribution in [0.25, 0.3) is 5.57 Å². The average molecular weight is 409 g/mol. The van der Waals surface area contributed by atoms with Crippen molar-refractivity contribution in [3.8, 4) is 0 Å². The van der Waals surface area contributed by atoms with E-state index in [0.717, 1.165) is 28.7 Å². The molecule has 2 aromatic carbocycles. The van der Waals surface area contributed by atoms with Crippen molar-refractivity contribution < 1.29 is 9.59 Å². The van der Waals surface area contributed by atoms with Crippen LogP contribution in [0.5, 0.6) is 0 Å². The van der Waals surface area contributed by atoms with E-state index in [-0.39, 0.29) is 11.9 Å². The third kappa shape index (κ3) is 6.74. The van der Waals surface area contributed by atoms with E-state index in [4.69, 9.17) is 5.73 Å². The van der Waals surface area contributed by atoms with Crippen molar-refractivity contribution in [2.75, 3.05) is 13.1 Å². The summed E-state index contributed by atoms with van der Waals surface area (Å²) in [5, 5.41) is 8.70. The lowest BCUT2D eigenvalue weighted by Crippen LogP contribution is -2.46. The normalized spacial score (nSPS) is 10.9. The second kappa shape index (κ2) is 10.6. The Labute approximate surface area is 178 Å². The van der Waals surface area contributed by atoms with Crippen LogP contribution in [0.15, 0.2) is 55.1 Å². The van der Waals surface area contributed by atoms with E-state index in [1.54, 1.807) is 12.1 Å². The number of hydrogen-bond acceptors (Lipinski definition) is 3. The fraction of sp³-hybridized carbons (Fsp3) is 0.333. The Hall–Kier alpha value is -3.12. The summed E-state index contributed by atoms with van der Waals surface area (Å²) < 4.78 is 0. The maximum absolute atomic E-state index is 12.4. The van der Waals surface area contributed by atoms with Gasteiger partial charge in [-0.05, 0) is 68.6 Å². The van der Waals surface area contributed by atoms with Gasteiger partial charge in [-0.1, -0.05) is 42.5 Å². The summed E-state index contributed by atoms with van der Waals surface area (Å²) in [7, 11) is 0. The highest BCUT2D eigenvalue weighted by Crippen LogP contribution is 2.23. The molecule has 0 aliphatic rings. The van der Waals surface area contributed by atoms with E-state index < -0.39 is 5.54 Å². The highest BCUT2D eigenvalue weighted by molar-refractivity contribution is 5.94. The van der Waals surface area contributed by atoms with Crippen LogP contribution in [0.2, 0.25) is 0 Å². The summed E-state index contributed by atoms with van der Waals surface area (Å²) in [6.45, 7) is 11.3. The molecule has 0 unspecified atom stereocenters. The number of carbonyl (C=O) groups is 2. The summed E-state index contributed by atoms with van der Waals surface area (Å²) in [6.07, 6.45) is 0.747. The predicted octanol–water partition coefficient (Wildman–Crippen LogP) is 3.53. The van der Waals surface area contributed by atoms with Gasteiger partial charge in [0.1, 0.15) is 0 Å². The number of benzene rings is 2. The number of carbonyl (C=O) groups excluding carboxylic acids is 2. The lowest BCUT2D eigenvalue weighted by Gasteiger charge is -2.27. The fourth-order valence-electron chi connectivity index (χ4n) is 2.94. The van der Waals surface area contributed by atoms with E-state index in [0.29, 0.717) is 25.2 Å². The van der Waals surface area contributed by atoms with E-state index >= 15 is 0 Å². The van der Waals surface area contributed by atoms with E-state index in [2.05, 4.69) is 22.5 Å². The van der Waals surface area contributed by atoms with Gasteiger partial charge in [0, 0.05) is 18.7 Å². The molecule has 6 heteroatoms. The van der Waals surface area contributed by atoms with Crippen LogP contribution < -0.4 is 21.7 Å². The van der Waals surface area contributed by atoms with Crippen molar-refractivity contribution in [2.45, 2.75) is 39.3 Å². The summed E-state index contributed by atoms with van der Waals surface area (Å²) in [5.41, 5.74) is 9.41. The molecule has 5 N–H and O–H groups in total. The van der Waals surface area contributed by atoms with Crippen LogP contribution in [-0.4, -0.2) is 25.0 Å². The molecule has 0 spiro atoms. The number of rotatable bonds is 9. The zero-order valence-corrected chi connectivity index (χ0v) is 18.0. The predicted molar refractivity (Wildman–Crippen MR) is 122 cm³/mol. The molecule has 0 aromatic heterocycles. The first-order valence-electron chi connectivity index (χ1n) is 10.1. The quantitative estimate of drug-likeness (QED) is 0.478. The minimum absolute atomic E-state index is 0.126. The third-order valence-corrected chi connectivity index (χ3v) is 4.84. The van der Waals surface area contributed by atoms with E-state index in [1.807, 2.05) is 57.2 Å². The largest absolute Gasteiger partial charge is 0.352 e. The number of allylic oxidation sites excluding steroid dienone is 1. The molecule has 3 amide bonds. The molecule has 30 heavy (non-hydrogen) atoms. The minimum Gasteiger partial charge on any atom is -0.352 e. The van der Waals surface area contributed by atoms with Gasteiger partial charge in [-0.2, -0.15) is 0 Å². The molecule has 0 bridgehead atoms. The van der Waals surface area contributed by atoms with Gasteiger partial charge < -0.3 is 21.7 Å². The van der Waals surface area contributed by atoms with Gasteiger partial charge in [-0.15, -0.1) is 0 Å². The second-order valence-electron chi connectivity index (χ2n) is 7.89. The molecule has 6 nitrogen and oxygen atoms in total. The Bertz CT molecular complexity index is 888. The number of nitrogens with two attached hydrogens (primary N) is 1. The van der Waals surface area contributed by atoms with Gasteiger partial charge in [-0.3, -0.25) is 4.79 Å². The van der Waals surface area contributed by atoms with Gasteiger partial charge in [0.2, 0.25) is 0 Å². The van der Waals surface area contributed by atoms with Crippen molar-refractivity contribution in [1.29, 1.82) is 0 Å². The standard InChI is InChI=1S/C24H32N4O2/c1-17(2)20-7-5-8-21(15-20)24(3,4)28-23(30)27-16-18-9-11-19(12-10-18)22(29)26-14-6-13-25/h5,7-12,15H,1,6,13-14,16,25H2,2-4H3,(H,26,29)(H2,27,28,30). The van der Waals surface area contributed by atoms with Gasteiger partial charge in [0.25, 0.3) is 5.91 Å². The van der Waals surface area contributed by atoms with Crippen LogP contribution in [0.1, 0.15) is 54.2 Å². The summed E-state index contributed by atoms with van der Waals surface area (Å²) in [6, 6.07) is 14.9. The van der Waals surface area contributed by atoms with Gasteiger partial charge in [0.15, 0.2) is 0 Å². The molecular formula is C24H32N4O2. The molecular weight excluding hydrogens is 376 g/mol. The third-order valence-electron chi connectivity index (χ3n) is 4.84. The van der Waals surface area contributed by atoms with Crippen molar-refractivity contribution in [3.05, 3.63) is 77.4 Å². The monoisotopic (exact) mass is 408 g/mol. The number of amides is 3. The highest BCUT2D eigenvalue weighted by Gasteiger charge is 2.23. The lowest BCUT2D eigenvalue weighted by molar-refractivity contribution is 0.0953. The van der Waals surface area contributed by atoms with Crippen molar-refractivity contribution in [1.82, 2.24) is 16.0 Å². The topological polar surface area (TPSA) is 96.2 Å². The highest BCUT2D eigenvalue weighted by atomic mass is 16.2. The van der Waals surface area contributed by atoms with Crippen LogP contribution in [-0.2, 0) is 12.1 Å². The van der Waals surface area contributed by atoms with Crippen LogP contribution in [0, 0.1) is 0 Å². The maximum atomic E-state index is 12.4. The summed E-state index contributed by atoms with van der Waals surface area (Å²) in [5.74, 6) is -0.126. The Kier molecular flexibility index (Phi) is 8.18. The number of urea groups is 1. The first kappa shape index (κ1) is 23.2. The molecule has 0 radical (unpaired) electrons. The average Bonchev–Trinajstić information content (AvgIpc) is 2.72. The van der Waals surface area contributed by atoms with Crippen molar-refractivity contribution in [3.63, 3.8) is 0 Å². The van der Waals surface area contributed by atoms with Gasteiger partial charge >= 0.3 is 6.03 Å². The van der Waals surface area contributed by atoms with Gasteiger partial charge in [0.05, 0.1) is 5.54 Å². The first-order valence-corrected chi connectivity index (χ1v) is 10.1. The van der Waals surface area contributed by atoms with Crippen LogP contribution >= 0.6 is 0 Å². The Balaban J connectivity index is 1.90. The van der Waals surface area contributed by atoms with Gasteiger partial charge in [-0.25, -0.2) is 4.79 Å². The number of hydrogen-bond donors (Lipinski definition) is 4. The summed E-state index contributed by atoms with van der Waals surface area (Å²) >= 11 is 0. The fourth-order valence-corrected chi connectivity index (χ4v) is 2.94. The molecule has 0 fully saturated rings. The summed E-state index contributed by atoms with van der Waals surface area (Å²) in [4.78, 5) is 24.4. The smallest absolute Gasteiger partial charge is 0.315 e. The maximum Gasteiger partial charge on any atom is 0.315 e. The number of nitrogens with one attached hydrogen (secondary N) is 3. The first-order chi connectivity index (χ1) is 14.2. The van der Waals surface area contributed by atoms with E-state index in [9.17, 15) is 9.59 Å². The Morgan fingerprint density at radius 3 is 2.37 bits per heavy atom. The second-order valence-corrected chi connectivity index (χ2v) is 7.89. The zero-order valence-electron chi connectivity index (χ0n) is 18.0. The van der Waals surface area contributed by atoms with Crippen LogP contribution in [0.4, 0.5) is 4.79 Å². The Morgan fingerprint density at radius 2 is 1.73 bits per heavy atom. The molecule has 0 aliphatic carbocycles. The molecule has 2 aromatic rings. The molecule has 0 saturated heterocycles. The van der Waals surface area contributed by atoms with Crippen LogP contribution in [0.3, 0.4) is 0 Å². The van der Waals surface area contributed by atoms with Crippen molar-refractivity contribution in [2.24, 2.45) is 5.73 Å². The molecule has 160 valence electrons. The molecule has 0 aliphatic heterocycles.